The van der Waals surface area contributed by atoms with Crippen LogP contribution in [0.25, 0.3) is 10.2 Å². The number of fused-ring (bicyclic) bond motifs is 3. The predicted octanol–water partition coefficient (Wildman–Crippen LogP) is 2.92. The van der Waals surface area contributed by atoms with Crippen molar-refractivity contribution in [1.29, 1.82) is 0 Å². The van der Waals surface area contributed by atoms with Crippen molar-refractivity contribution in [1.82, 2.24) is 9.97 Å². The molecule has 4 rings (SSSR count). The van der Waals surface area contributed by atoms with Gasteiger partial charge in [-0.1, -0.05) is 37.3 Å². The average Bonchev–Trinajstić information content (AvgIpc) is 3.22. The Morgan fingerprint density at radius 2 is 2.08 bits per heavy atom. The second-order valence-corrected chi connectivity index (χ2v) is 7.39. The van der Waals surface area contributed by atoms with Gasteiger partial charge < -0.3 is 15.8 Å². The number of aryl methyl sites for hydroxylation is 2. The Kier molecular flexibility index (Phi) is 5.49. The highest BCUT2D eigenvalue weighted by atomic mass is 32.1. The summed E-state index contributed by atoms with van der Waals surface area (Å²) in [7, 11) is 0. The van der Waals surface area contributed by atoms with Gasteiger partial charge in [-0.3, -0.25) is 4.79 Å². The number of carboxylic acid groups (broad SMARTS) is 1. The third kappa shape index (κ3) is 3.68. The van der Waals surface area contributed by atoms with Crippen molar-refractivity contribution in [2.45, 2.75) is 32.1 Å². The molecule has 0 saturated heterocycles. The maximum absolute atomic E-state index is 11.8. The maximum Gasteiger partial charge on any atom is 0.372 e. The number of aromatic amines is 1. The van der Waals surface area contributed by atoms with Crippen molar-refractivity contribution < 1.29 is 9.90 Å². The van der Waals surface area contributed by atoms with E-state index in [1.165, 1.54) is 21.8 Å². The van der Waals surface area contributed by atoms with Crippen LogP contribution in [0.5, 0.6) is 0 Å². The third-order valence-corrected chi connectivity index (χ3v) is 5.69. The van der Waals surface area contributed by atoms with Crippen molar-refractivity contribution in [3.8, 4) is 0 Å². The average molecular weight is 371 g/mol. The SMILES string of the molecule is C[C@@H](CN)c1ccccc1.O=C(O)c1nc2sc3c(c2c(=O)[nH]1)CCC3. The summed E-state index contributed by atoms with van der Waals surface area (Å²) in [6, 6.07) is 10.3. The number of nitrogens with zero attached hydrogens (tertiary/aromatic N) is 1. The summed E-state index contributed by atoms with van der Waals surface area (Å²) in [6.45, 7) is 2.86. The van der Waals surface area contributed by atoms with Crippen molar-refractivity contribution in [2.75, 3.05) is 6.54 Å². The molecule has 7 heteroatoms. The number of H-pyrrole nitrogens is 1. The van der Waals surface area contributed by atoms with E-state index in [1.54, 1.807) is 0 Å². The van der Waals surface area contributed by atoms with E-state index in [2.05, 4.69) is 29.0 Å². The molecule has 0 amide bonds. The quantitative estimate of drug-likeness (QED) is 0.656. The fraction of sp³-hybridized carbons (Fsp3) is 0.316. The van der Waals surface area contributed by atoms with Crippen LogP contribution in [0.2, 0.25) is 0 Å². The standard InChI is InChI=1S/C10H8N2O3S.C9H13N/c13-8-6-4-2-1-3-5(4)16-9(6)12-7(11-8)10(14)15;1-8(7-10)9-5-3-2-4-6-9/h1-3H2,(H,14,15)(H,11,12,13);2-6,8H,7,10H2,1H3/t;8-/m.0/s1. The van der Waals surface area contributed by atoms with Crippen LogP contribution in [0.4, 0.5) is 0 Å². The van der Waals surface area contributed by atoms with Gasteiger partial charge in [0.2, 0.25) is 5.82 Å². The summed E-state index contributed by atoms with van der Waals surface area (Å²) < 4.78 is 0. The summed E-state index contributed by atoms with van der Waals surface area (Å²) in [4.78, 5) is 30.5. The Bertz CT molecular complexity index is 979. The summed E-state index contributed by atoms with van der Waals surface area (Å²) in [6.07, 6.45) is 2.93. The van der Waals surface area contributed by atoms with Crippen molar-refractivity contribution in [3.05, 3.63) is 62.5 Å². The van der Waals surface area contributed by atoms with Crippen LogP contribution in [0.15, 0.2) is 35.1 Å². The van der Waals surface area contributed by atoms with Gasteiger partial charge in [-0.2, -0.15) is 0 Å². The van der Waals surface area contributed by atoms with Gasteiger partial charge in [0.15, 0.2) is 0 Å². The van der Waals surface area contributed by atoms with Crippen LogP contribution >= 0.6 is 11.3 Å². The number of thiophene rings is 1. The maximum atomic E-state index is 11.8. The molecule has 0 radical (unpaired) electrons. The molecule has 6 nitrogen and oxygen atoms in total. The van der Waals surface area contributed by atoms with Crippen LogP contribution in [-0.2, 0) is 12.8 Å². The number of hydrogen-bond donors (Lipinski definition) is 3. The minimum Gasteiger partial charge on any atom is -0.475 e. The van der Waals surface area contributed by atoms with Crippen LogP contribution in [-0.4, -0.2) is 27.6 Å². The molecule has 0 saturated carbocycles. The number of carboxylic acids is 1. The molecule has 136 valence electrons. The molecule has 3 aromatic rings. The Morgan fingerprint density at radius 3 is 2.73 bits per heavy atom. The fourth-order valence-electron chi connectivity index (χ4n) is 3.02. The van der Waals surface area contributed by atoms with E-state index >= 15 is 0 Å². The number of nitrogens with two attached hydrogens (primary N) is 1. The first kappa shape index (κ1) is 18.3. The zero-order valence-electron chi connectivity index (χ0n) is 14.5. The lowest BCUT2D eigenvalue weighted by atomic mass is 10.0. The number of aromatic nitrogens is 2. The zero-order chi connectivity index (χ0) is 18.7. The molecular weight excluding hydrogens is 350 g/mol. The molecule has 1 aliphatic carbocycles. The lowest BCUT2D eigenvalue weighted by Crippen LogP contribution is -2.15. The number of carbonyl (C=O) groups is 1. The Hall–Kier alpha value is -2.51. The molecule has 0 aliphatic heterocycles. The van der Waals surface area contributed by atoms with Crippen LogP contribution in [0, 0.1) is 0 Å². The summed E-state index contributed by atoms with van der Waals surface area (Å²) >= 11 is 1.44. The molecule has 0 fully saturated rings. The number of aromatic carboxylic acids is 1. The topological polar surface area (TPSA) is 109 Å². The Labute approximate surface area is 154 Å². The Morgan fingerprint density at radius 1 is 1.35 bits per heavy atom. The van der Waals surface area contributed by atoms with E-state index in [0.717, 1.165) is 31.4 Å². The second-order valence-electron chi connectivity index (χ2n) is 6.30. The van der Waals surface area contributed by atoms with Crippen LogP contribution < -0.4 is 11.3 Å². The lowest BCUT2D eigenvalue weighted by molar-refractivity contribution is 0.0683. The van der Waals surface area contributed by atoms with E-state index < -0.39 is 5.97 Å². The lowest BCUT2D eigenvalue weighted by Gasteiger charge is -2.06. The van der Waals surface area contributed by atoms with Gasteiger partial charge in [0, 0.05) is 4.88 Å². The highest BCUT2D eigenvalue weighted by molar-refractivity contribution is 7.18. The van der Waals surface area contributed by atoms with E-state index in [-0.39, 0.29) is 11.4 Å². The number of nitrogens with one attached hydrogen (secondary N) is 1. The van der Waals surface area contributed by atoms with E-state index in [0.29, 0.717) is 16.1 Å². The first-order chi connectivity index (χ1) is 12.5. The molecule has 1 aromatic carbocycles. The highest BCUT2D eigenvalue weighted by Gasteiger charge is 2.22. The molecule has 0 spiro atoms. The van der Waals surface area contributed by atoms with Crippen LogP contribution in [0.1, 0.15) is 45.9 Å². The third-order valence-electron chi connectivity index (χ3n) is 4.50. The summed E-state index contributed by atoms with van der Waals surface area (Å²) in [5.74, 6) is -0.994. The first-order valence-electron chi connectivity index (χ1n) is 8.54. The molecular formula is C19H21N3O3S. The minimum absolute atomic E-state index is 0.280. The Balaban J connectivity index is 0.000000170. The van der Waals surface area contributed by atoms with Gasteiger partial charge in [-0.25, -0.2) is 9.78 Å². The van der Waals surface area contributed by atoms with Crippen LogP contribution in [0.3, 0.4) is 0 Å². The predicted molar refractivity (Wildman–Crippen MR) is 103 cm³/mol. The van der Waals surface area contributed by atoms with Gasteiger partial charge in [0.05, 0.1) is 5.39 Å². The van der Waals surface area contributed by atoms with Crippen molar-refractivity contribution in [3.63, 3.8) is 0 Å². The molecule has 0 unspecified atom stereocenters. The molecule has 1 atom stereocenters. The number of hydrogen-bond acceptors (Lipinski definition) is 5. The molecule has 2 heterocycles. The van der Waals surface area contributed by atoms with Crippen molar-refractivity contribution >= 4 is 27.5 Å². The summed E-state index contributed by atoms with van der Waals surface area (Å²) in [5.41, 5.74) is 7.56. The molecule has 0 bridgehead atoms. The van der Waals surface area contributed by atoms with Gasteiger partial charge in [0.25, 0.3) is 5.56 Å². The molecule has 4 N–H and O–H groups in total. The molecule has 1 aliphatic rings. The zero-order valence-corrected chi connectivity index (χ0v) is 15.3. The van der Waals surface area contributed by atoms with Crippen molar-refractivity contribution in [2.24, 2.45) is 5.73 Å². The molecule has 26 heavy (non-hydrogen) atoms. The number of benzene rings is 1. The van der Waals surface area contributed by atoms with Gasteiger partial charge in [0.1, 0.15) is 4.83 Å². The summed E-state index contributed by atoms with van der Waals surface area (Å²) in [5, 5.41) is 9.37. The monoisotopic (exact) mass is 371 g/mol. The van der Waals surface area contributed by atoms with E-state index in [9.17, 15) is 9.59 Å². The van der Waals surface area contributed by atoms with E-state index in [1.807, 2.05) is 18.2 Å². The second kappa shape index (κ2) is 7.80. The van der Waals surface area contributed by atoms with Gasteiger partial charge in [-0.15, -0.1) is 11.3 Å². The first-order valence-corrected chi connectivity index (χ1v) is 9.35. The number of rotatable bonds is 3. The molecule has 2 aromatic heterocycles. The van der Waals surface area contributed by atoms with Gasteiger partial charge in [-0.05, 0) is 42.9 Å². The highest BCUT2D eigenvalue weighted by Crippen LogP contribution is 2.34. The van der Waals surface area contributed by atoms with Gasteiger partial charge >= 0.3 is 5.97 Å². The minimum atomic E-state index is -1.20. The largest absolute Gasteiger partial charge is 0.475 e. The normalized spacial score (nSPS) is 13.8. The smallest absolute Gasteiger partial charge is 0.372 e. The van der Waals surface area contributed by atoms with E-state index in [4.69, 9.17) is 10.8 Å². The fourth-order valence-corrected chi connectivity index (χ4v) is 4.28.